The lowest BCUT2D eigenvalue weighted by Crippen LogP contribution is -2.52. The number of amides is 1. The second kappa shape index (κ2) is 9.87. The van der Waals surface area contributed by atoms with Crippen molar-refractivity contribution < 1.29 is 18.4 Å². The van der Waals surface area contributed by atoms with Crippen LogP contribution in [0.4, 0.5) is 11.7 Å². The first-order valence-electron chi connectivity index (χ1n) is 11.9. The van der Waals surface area contributed by atoms with E-state index < -0.39 is 5.54 Å². The first kappa shape index (κ1) is 23.6. The minimum Gasteiger partial charge on any atom is -0.496 e. The number of nitrogens with zero attached hydrogens (tertiary/aromatic N) is 3. The molecule has 2 aromatic heterocycles. The number of aromatic nitrogens is 2. The normalized spacial score (nSPS) is 14.5. The van der Waals surface area contributed by atoms with E-state index in [1.165, 1.54) is 6.39 Å². The molecule has 36 heavy (non-hydrogen) atoms. The third kappa shape index (κ3) is 4.70. The third-order valence-corrected chi connectivity index (χ3v) is 6.62. The van der Waals surface area contributed by atoms with Crippen molar-refractivity contribution in [2.45, 2.75) is 37.8 Å². The zero-order valence-corrected chi connectivity index (χ0v) is 20.4. The lowest BCUT2D eigenvalue weighted by Gasteiger charge is -2.29. The predicted octanol–water partition coefficient (Wildman–Crippen LogP) is 4.98. The fourth-order valence-corrected chi connectivity index (χ4v) is 4.73. The SMILES string of the molecule is COc1cc(Nc2ncc(-c3ccccc3CN(C)C(=O)C3(N)CCCC3)o2)ccc1-c1cnco1. The number of nitrogens with two attached hydrogens (primary N) is 1. The molecule has 5 rings (SSSR count). The molecular weight excluding hydrogens is 458 g/mol. The Labute approximate surface area is 209 Å². The van der Waals surface area contributed by atoms with Crippen molar-refractivity contribution in [1.29, 1.82) is 0 Å². The van der Waals surface area contributed by atoms with Crippen molar-refractivity contribution in [2.75, 3.05) is 19.5 Å². The first-order chi connectivity index (χ1) is 17.5. The summed E-state index contributed by atoms with van der Waals surface area (Å²) in [4.78, 5) is 23.1. The van der Waals surface area contributed by atoms with Crippen LogP contribution in [0.5, 0.6) is 5.75 Å². The zero-order valence-electron chi connectivity index (χ0n) is 20.4. The molecule has 4 aromatic rings. The molecule has 0 unspecified atom stereocenters. The average Bonchev–Trinajstić information content (AvgIpc) is 3.67. The number of hydrogen-bond donors (Lipinski definition) is 2. The number of ether oxygens (including phenoxy) is 1. The van der Waals surface area contributed by atoms with E-state index in [9.17, 15) is 4.79 Å². The predicted molar refractivity (Wildman–Crippen MR) is 136 cm³/mol. The molecule has 186 valence electrons. The quantitative estimate of drug-likeness (QED) is 0.357. The van der Waals surface area contributed by atoms with Crippen LogP contribution < -0.4 is 15.8 Å². The summed E-state index contributed by atoms with van der Waals surface area (Å²) in [7, 11) is 3.40. The van der Waals surface area contributed by atoms with Crippen LogP contribution >= 0.6 is 0 Å². The van der Waals surface area contributed by atoms with E-state index in [1.54, 1.807) is 31.5 Å². The van der Waals surface area contributed by atoms with Crippen molar-refractivity contribution in [1.82, 2.24) is 14.9 Å². The number of carbonyl (C=O) groups is 1. The van der Waals surface area contributed by atoms with Crippen LogP contribution in [0, 0.1) is 0 Å². The number of carbonyl (C=O) groups excluding carboxylic acids is 1. The Morgan fingerprint density at radius 2 is 1.94 bits per heavy atom. The van der Waals surface area contributed by atoms with Gasteiger partial charge in [-0.2, -0.15) is 0 Å². The van der Waals surface area contributed by atoms with Gasteiger partial charge in [-0.1, -0.05) is 37.1 Å². The molecule has 0 radical (unpaired) electrons. The maximum atomic E-state index is 13.0. The standard InChI is InChI=1S/C27H29N5O4/c1-32(25(33)27(28)11-5-6-12-27)16-18-7-3-4-8-20(18)24-15-30-26(36-24)31-19-9-10-21(22(13-19)34-2)23-14-29-17-35-23/h3-4,7-10,13-15,17H,5-6,11-12,16,28H2,1-2H3,(H,30,31). The van der Waals surface area contributed by atoms with Crippen molar-refractivity contribution >= 4 is 17.6 Å². The van der Waals surface area contributed by atoms with Gasteiger partial charge in [0.15, 0.2) is 17.9 Å². The van der Waals surface area contributed by atoms with Crippen LogP contribution in [0.25, 0.3) is 22.6 Å². The topological polar surface area (TPSA) is 120 Å². The second-order valence-electron chi connectivity index (χ2n) is 9.12. The fourth-order valence-electron chi connectivity index (χ4n) is 4.73. The highest BCUT2D eigenvalue weighted by Crippen LogP contribution is 2.34. The van der Waals surface area contributed by atoms with Crippen LogP contribution in [0.1, 0.15) is 31.2 Å². The van der Waals surface area contributed by atoms with Gasteiger partial charge in [-0.3, -0.25) is 4.79 Å². The van der Waals surface area contributed by atoms with E-state index in [1.807, 2.05) is 42.5 Å². The number of likely N-dealkylation sites (N-methyl/N-ethyl adjacent to an activating group) is 1. The largest absolute Gasteiger partial charge is 0.496 e. The summed E-state index contributed by atoms with van der Waals surface area (Å²) in [5.41, 5.74) is 9.00. The Morgan fingerprint density at radius 3 is 2.69 bits per heavy atom. The van der Waals surface area contributed by atoms with Crippen molar-refractivity contribution in [3.8, 4) is 28.4 Å². The molecule has 1 aliphatic rings. The van der Waals surface area contributed by atoms with Gasteiger partial charge >= 0.3 is 0 Å². The van der Waals surface area contributed by atoms with Gasteiger partial charge in [-0.15, -0.1) is 0 Å². The van der Waals surface area contributed by atoms with E-state index in [4.69, 9.17) is 19.3 Å². The minimum absolute atomic E-state index is 0.0162. The Hall–Kier alpha value is -4.11. The van der Waals surface area contributed by atoms with Crippen LogP contribution in [-0.2, 0) is 11.3 Å². The van der Waals surface area contributed by atoms with Gasteiger partial charge in [0.05, 0.1) is 30.6 Å². The zero-order chi connectivity index (χ0) is 25.1. The lowest BCUT2D eigenvalue weighted by atomic mass is 9.96. The number of rotatable bonds is 8. The number of methoxy groups -OCH3 is 1. The molecule has 1 amide bonds. The van der Waals surface area contributed by atoms with Gasteiger partial charge in [0.1, 0.15) is 5.75 Å². The van der Waals surface area contributed by atoms with Crippen LogP contribution in [-0.4, -0.2) is 40.5 Å². The summed E-state index contributed by atoms with van der Waals surface area (Å²) < 4.78 is 16.9. The maximum absolute atomic E-state index is 13.0. The van der Waals surface area contributed by atoms with Crippen molar-refractivity contribution in [3.63, 3.8) is 0 Å². The molecule has 1 saturated carbocycles. The number of hydrogen-bond acceptors (Lipinski definition) is 8. The molecule has 2 aromatic carbocycles. The molecular formula is C27H29N5O4. The van der Waals surface area contributed by atoms with Crippen molar-refractivity contribution in [3.05, 3.63) is 66.8 Å². The summed E-state index contributed by atoms with van der Waals surface area (Å²) in [6.45, 7) is 0.428. The van der Waals surface area contributed by atoms with Crippen LogP contribution in [0.3, 0.4) is 0 Å². The molecule has 0 saturated heterocycles. The summed E-state index contributed by atoms with van der Waals surface area (Å²) in [5, 5.41) is 3.18. The smallest absolute Gasteiger partial charge is 0.299 e. The Bertz CT molecular complexity index is 1340. The highest BCUT2D eigenvalue weighted by atomic mass is 16.5. The minimum atomic E-state index is -0.753. The van der Waals surface area contributed by atoms with E-state index in [0.717, 1.165) is 48.1 Å². The molecule has 0 spiro atoms. The number of nitrogens with one attached hydrogen (secondary N) is 1. The number of benzene rings is 2. The number of oxazole rings is 2. The Kier molecular flexibility index (Phi) is 6.47. The Morgan fingerprint density at radius 1 is 1.14 bits per heavy atom. The molecule has 0 aliphatic heterocycles. The van der Waals surface area contributed by atoms with E-state index >= 15 is 0 Å². The molecule has 9 nitrogen and oxygen atoms in total. The third-order valence-electron chi connectivity index (χ3n) is 6.62. The Balaban J connectivity index is 1.33. The van der Waals surface area contributed by atoms with Gasteiger partial charge in [-0.25, -0.2) is 9.97 Å². The van der Waals surface area contributed by atoms with Gasteiger partial charge in [0.2, 0.25) is 5.91 Å². The summed E-state index contributed by atoms with van der Waals surface area (Å²) in [6.07, 6.45) is 8.14. The summed E-state index contributed by atoms with van der Waals surface area (Å²) >= 11 is 0. The molecule has 3 N–H and O–H groups in total. The summed E-state index contributed by atoms with van der Waals surface area (Å²) in [6, 6.07) is 13.8. The number of anilines is 2. The average molecular weight is 488 g/mol. The summed E-state index contributed by atoms with van der Waals surface area (Å²) in [5.74, 6) is 1.83. The van der Waals surface area contributed by atoms with E-state index in [2.05, 4.69) is 15.3 Å². The fraction of sp³-hybridized carbons (Fsp3) is 0.296. The molecule has 0 bridgehead atoms. The lowest BCUT2D eigenvalue weighted by molar-refractivity contribution is -0.136. The molecule has 0 atom stereocenters. The highest BCUT2D eigenvalue weighted by Gasteiger charge is 2.39. The molecule has 1 fully saturated rings. The van der Waals surface area contributed by atoms with Crippen LogP contribution in [0.15, 0.2) is 70.1 Å². The highest BCUT2D eigenvalue weighted by molar-refractivity contribution is 5.86. The maximum Gasteiger partial charge on any atom is 0.299 e. The first-order valence-corrected chi connectivity index (χ1v) is 11.9. The van der Waals surface area contributed by atoms with E-state index in [-0.39, 0.29) is 5.91 Å². The van der Waals surface area contributed by atoms with Gasteiger partial charge in [0.25, 0.3) is 6.01 Å². The van der Waals surface area contributed by atoms with E-state index in [0.29, 0.717) is 29.8 Å². The van der Waals surface area contributed by atoms with Crippen LogP contribution in [0.2, 0.25) is 0 Å². The monoisotopic (exact) mass is 487 g/mol. The van der Waals surface area contributed by atoms with Gasteiger partial charge in [0, 0.05) is 30.9 Å². The second-order valence-corrected chi connectivity index (χ2v) is 9.12. The molecule has 9 heteroatoms. The molecule has 1 aliphatic carbocycles. The van der Waals surface area contributed by atoms with Gasteiger partial charge in [-0.05, 0) is 30.5 Å². The molecule has 2 heterocycles. The van der Waals surface area contributed by atoms with Gasteiger partial charge < -0.3 is 29.5 Å². The van der Waals surface area contributed by atoms with Crippen molar-refractivity contribution in [2.24, 2.45) is 5.73 Å².